The molecule has 1 aromatic heterocycles. The molecule has 0 saturated carbocycles. The van der Waals surface area contributed by atoms with Crippen LogP contribution in [0, 0.1) is 11.3 Å². The van der Waals surface area contributed by atoms with Gasteiger partial charge in [-0.3, -0.25) is 0 Å². The number of primary sulfonamides is 1. The number of nitrogens with two attached hydrogens (primary N) is 1. The molecule has 3 aromatic rings. The molecule has 8 heteroatoms. The van der Waals surface area contributed by atoms with E-state index in [1.54, 1.807) is 30.3 Å². The summed E-state index contributed by atoms with van der Waals surface area (Å²) in [5, 5.41) is 23.5. The van der Waals surface area contributed by atoms with Crippen LogP contribution in [0.5, 0.6) is 0 Å². The largest absolute Gasteiger partial charge is 0.314 e. The zero-order chi connectivity index (χ0) is 22.3. The second-order valence-corrected chi connectivity index (χ2v) is 9.76. The van der Waals surface area contributed by atoms with Gasteiger partial charge in [0.2, 0.25) is 10.0 Å². The molecule has 0 aliphatic heterocycles. The maximum atomic E-state index is 12.5. The molecule has 0 aliphatic rings. The first-order valence-electron chi connectivity index (χ1n) is 9.58. The van der Waals surface area contributed by atoms with Crippen LogP contribution < -0.4 is 5.14 Å². The molecule has 0 unspecified atom stereocenters. The third-order valence-corrected chi connectivity index (χ3v) is 6.07. The van der Waals surface area contributed by atoms with Crippen molar-refractivity contribution >= 4 is 10.0 Å². The van der Waals surface area contributed by atoms with Crippen LogP contribution >= 0.6 is 0 Å². The Morgan fingerprint density at radius 1 is 1.07 bits per heavy atom. The molecule has 2 N–H and O–H groups in total. The average molecular weight is 424 g/mol. The molecule has 0 spiro atoms. The summed E-state index contributed by atoms with van der Waals surface area (Å²) >= 11 is 0. The Balaban J connectivity index is 2.36. The van der Waals surface area contributed by atoms with Gasteiger partial charge < -0.3 is 4.57 Å². The molecular formula is C22H25N5O2S. The Hall–Kier alpha value is -3.02. The van der Waals surface area contributed by atoms with Gasteiger partial charge in [-0.2, -0.15) is 5.26 Å². The topological polar surface area (TPSA) is 115 Å². The smallest absolute Gasteiger partial charge is 0.238 e. The van der Waals surface area contributed by atoms with E-state index < -0.39 is 10.0 Å². The van der Waals surface area contributed by atoms with Crippen LogP contribution in [0.1, 0.15) is 44.6 Å². The number of rotatable bonds is 4. The molecule has 0 saturated heterocycles. The van der Waals surface area contributed by atoms with E-state index in [0.717, 1.165) is 11.4 Å². The van der Waals surface area contributed by atoms with Gasteiger partial charge in [0.05, 0.1) is 16.5 Å². The monoisotopic (exact) mass is 423 g/mol. The maximum absolute atomic E-state index is 12.5. The van der Waals surface area contributed by atoms with Crippen LogP contribution in [0.3, 0.4) is 0 Å². The van der Waals surface area contributed by atoms with Crippen LogP contribution in [0.25, 0.3) is 22.5 Å². The molecule has 0 aliphatic carbocycles. The Kier molecular flexibility index (Phi) is 5.54. The van der Waals surface area contributed by atoms with Gasteiger partial charge in [-0.25, -0.2) is 13.6 Å². The zero-order valence-electron chi connectivity index (χ0n) is 17.8. The summed E-state index contributed by atoms with van der Waals surface area (Å²) in [4.78, 5) is 0.0405. The van der Waals surface area contributed by atoms with Crippen LogP contribution in [-0.4, -0.2) is 23.2 Å². The van der Waals surface area contributed by atoms with Crippen molar-refractivity contribution in [3.05, 3.63) is 53.3 Å². The first kappa shape index (κ1) is 21.7. The molecule has 0 radical (unpaired) electrons. The lowest BCUT2D eigenvalue weighted by Crippen LogP contribution is -2.17. The van der Waals surface area contributed by atoms with Crippen molar-refractivity contribution in [1.29, 1.82) is 5.26 Å². The second-order valence-electron chi connectivity index (χ2n) is 8.23. The maximum Gasteiger partial charge on any atom is 0.238 e. The summed E-state index contributed by atoms with van der Waals surface area (Å²) in [6.45, 7) is 8.00. The minimum Gasteiger partial charge on any atom is -0.314 e. The lowest BCUT2D eigenvalue weighted by atomic mass is 9.85. The van der Waals surface area contributed by atoms with Crippen molar-refractivity contribution < 1.29 is 8.42 Å². The van der Waals surface area contributed by atoms with Gasteiger partial charge in [0.15, 0.2) is 5.82 Å². The number of hydrogen-bond donors (Lipinski definition) is 1. The second kappa shape index (κ2) is 7.67. The van der Waals surface area contributed by atoms with Crippen LogP contribution in [0.15, 0.2) is 41.3 Å². The third kappa shape index (κ3) is 3.99. The number of nitriles is 1. The molecule has 0 atom stereocenters. The van der Waals surface area contributed by atoms with Crippen molar-refractivity contribution in [2.75, 3.05) is 0 Å². The summed E-state index contributed by atoms with van der Waals surface area (Å²) in [5.41, 5.74) is 2.76. The van der Waals surface area contributed by atoms with Gasteiger partial charge in [-0.1, -0.05) is 45.9 Å². The van der Waals surface area contributed by atoms with Crippen molar-refractivity contribution in [3.63, 3.8) is 0 Å². The number of nitrogens with zero attached hydrogens (tertiary/aromatic N) is 4. The molecule has 0 fully saturated rings. The molecule has 7 nitrogen and oxygen atoms in total. The van der Waals surface area contributed by atoms with Gasteiger partial charge >= 0.3 is 0 Å². The van der Waals surface area contributed by atoms with Crippen molar-refractivity contribution in [3.8, 4) is 28.6 Å². The van der Waals surface area contributed by atoms with E-state index in [1.807, 2.05) is 45.4 Å². The van der Waals surface area contributed by atoms with E-state index in [0.29, 0.717) is 34.5 Å². The van der Waals surface area contributed by atoms with Crippen molar-refractivity contribution in [1.82, 2.24) is 14.8 Å². The predicted molar refractivity (Wildman–Crippen MR) is 116 cm³/mol. The fourth-order valence-electron chi connectivity index (χ4n) is 3.38. The summed E-state index contributed by atoms with van der Waals surface area (Å²) in [6.07, 6.45) is 0.694. The summed E-state index contributed by atoms with van der Waals surface area (Å²) < 4.78 is 26.8. The van der Waals surface area contributed by atoms with E-state index in [2.05, 4.69) is 16.3 Å². The number of benzene rings is 2. The standard InChI is InChI=1S/C22H25N5O2S/c1-6-20-25-26-21(27(20)5)18-11-14(13-23)7-9-16(18)17-10-8-15(22(2,3)4)12-19(17)30(24,28)29/h7-12H,6H2,1-5H3,(H2,24,28,29). The zero-order valence-corrected chi connectivity index (χ0v) is 18.6. The number of sulfonamides is 1. The fourth-order valence-corrected chi connectivity index (χ4v) is 4.16. The highest BCUT2D eigenvalue weighted by atomic mass is 32.2. The van der Waals surface area contributed by atoms with E-state index in [1.165, 1.54) is 0 Å². The van der Waals surface area contributed by atoms with E-state index >= 15 is 0 Å². The van der Waals surface area contributed by atoms with Crippen molar-refractivity contribution in [2.45, 2.75) is 44.4 Å². The van der Waals surface area contributed by atoms with E-state index in [9.17, 15) is 13.7 Å². The van der Waals surface area contributed by atoms with Gasteiger partial charge in [0, 0.05) is 24.6 Å². The fraction of sp³-hybridized carbons (Fsp3) is 0.318. The normalized spacial score (nSPS) is 12.0. The van der Waals surface area contributed by atoms with Crippen molar-refractivity contribution in [2.24, 2.45) is 12.2 Å². The minimum atomic E-state index is -4.00. The van der Waals surface area contributed by atoms with Crippen LogP contribution in [0.4, 0.5) is 0 Å². The highest BCUT2D eigenvalue weighted by molar-refractivity contribution is 7.89. The molecule has 2 aromatic carbocycles. The minimum absolute atomic E-state index is 0.0405. The number of aromatic nitrogens is 3. The summed E-state index contributed by atoms with van der Waals surface area (Å²) in [7, 11) is -2.15. The molecule has 30 heavy (non-hydrogen) atoms. The first-order chi connectivity index (χ1) is 14.0. The first-order valence-corrected chi connectivity index (χ1v) is 11.1. The Labute approximate surface area is 177 Å². The molecule has 3 rings (SSSR count). The predicted octanol–water partition coefficient (Wildman–Crippen LogP) is 3.53. The Morgan fingerprint density at radius 2 is 1.73 bits per heavy atom. The number of aryl methyl sites for hydroxylation is 1. The average Bonchev–Trinajstić information content (AvgIpc) is 3.06. The Bertz CT molecular complexity index is 1260. The molecule has 0 bridgehead atoms. The van der Waals surface area contributed by atoms with Gasteiger partial charge in [-0.05, 0) is 34.7 Å². The van der Waals surface area contributed by atoms with E-state index in [4.69, 9.17) is 5.14 Å². The summed E-state index contributed by atoms with van der Waals surface area (Å²) in [6, 6.07) is 12.5. The van der Waals surface area contributed by atoms with Gasteiger partial charge in [0.1, 0.15) is 5.82 Å². The highest BCUT2D eigenvalue weighted by Crippen LogP contribution is 2.37. The Morgan fingerprint density at radius 3 is 2.27 bits per heavy atom. The number of hydrogen-bond acceptors (Lipinski definition) is 5. The molecule has 0 amide bonds. The molecular weight excluding hydrogens is 398 g/mol. The molecule has 156 valence electrons. The molecule has 1 heterocycles. The summed E-state index contributed by atoms with van der Waals surface area (Å²) in [5.74, 6) is 1.34. The van der Waals surface area contributed by atoms with Gasteiger partial charge in [0.25, 0.3) is 0 Å². The lowest BCUT2D eigenvalue weighted by molar-refractivity contribution is 0.584. The van der Waals surface area contributed by atoms with Gasteiger partial charge in [-0.15, -0.1) is 10.2 Å². The SMILES string of the molecule is CCc1nnc(-c2cc(C#N)ccc2-c2ccc(C(C)(C)C)cc2S(N)(=O)=O)n1C. The highest BCUT2D eigenvalue weighted by Gasteiger charge is 2.24. The van der Waals surface area contributed by atoms with Crippen LogP contribution in [-0.2, 0) is 28.9 Å². The lowest BCUT2D eigenvalue weighted by Gasteiger charge is -2.21. The van der Waals surface area contributed by atoms with Crippen LogP contribution in [0.2, 0.25) is 0 Å². The third-order valence-electron chi connectivity index (χ3n) is 5.12. The van der Waals surface area contributed by atoms with E-state index in [-0.39, 0.29) is 10.3 Å². The quantitative estimate of drug-likeness (QED) is 0.689.